The lowest BCUT2D eigenvalue weighted by Crippen LogP contribution is -2.13. The van der Waals surface area contributed by atoms with E-state index in [4.69, 9.17) is 0 Å². The highest BCUT2D eigenvalue weighted by Gasteiger charge is 2.22. The lowest BCUT2D eigenvalue weighted by Gasteiger charge is -2.24. The van der Waals surface area contributed by atoms with Crippen molar-refractivity contribution in [2.75, 3.05) is 0 Å². The van der Waals surface area contributed by atoms with Crippen LogP contribution >= 0.6 is 0 Å². The number of hydrogen-bond acceptors (Lipinski definition) is 1. The molecule has 0 aliphatic heterocycles. The van der Waals surface area contributed by atoms with Crippen molar-refractivity contribution in [3.63, 3.8) is 0 Å². The molecule has 0 fully saturated rings. The summed E-state index contributed by atoms with van der Waals surface area (Å²) in [4.78, 5) is 12.1. The lowest BCUT2D eigenvalue weighted by atomic mass is 9.80. The van der Waals surface area contributed by atoms with Crippen molar-refractivity contribution >= 4 is 5.78 Å². The molecule has 0 amide bonds. The molecule has 4 rings (SSSR count). The van der Waals surface area contributed by atoms with Crippen molar-refractivity contribution in [2.24, 2.45) is 0 Å². The van der Waals surface area contributed by atoms with Crippen LogP contribution in [0.1, 0.15) is 39.9 Å². The molecule has 0 spiro atoms. The highest BCUT2D eigenvalue weighted by molar-refractivity contribution is 6.00. The van der Waals surface area contributed by atoms with Crippen molar-refractivity contribution < 1.29 is 4.79 Å². The van der Waals surface area contributed by atoms with Crippen LogP contribution in [-0.4, -0.2) is 5.78 Å². The van der Waals surface area contributed by atoms with E-state index >= 15 is 0 Å². The Bertz CT molecular complexity index is 682. The second-order valence-corrected chi connectivity index (χ2v) is 5.60. The molecule has 0 radical (unpaired) electrons. The van der Waals surface area contributed by atoms with Crippen molar-refractivity contribution in [2.45, 2.75) is 32.1 Å². The Hall–Kier alpha value is -1.89. The minimum atomic E-state index is 0.326. The summed E-state index contributed by atoms with van der Waals surface area (Å²) in [7, 11) is 0. The normalized spacial score (nSPS) is 16.5. The summed E-state index contributed by atoms with van der Waals surface area (Å²) in [5.74, 6) is 0.326. The Labute approximate surface area is 113 Å². The molecule has 1 nitrogen and oxygen atoms in total. The number of Topliss-reactive ketones (excluding diaryl/α,β-unsaturated/α-hetero) is 1. The zero-order valence-corrected chi connectivity index (χ0v) is 10.9. The average molecular weight is 248 g/mol. The van der Waals surface area contributed by atoms with Crippen LogP contribution < -0.4 is 0 Å². The average Bonchev–Trinajstić information content (AvgIpc) is 2.46. The number of aryl methyl sites for hydroxylation is 3. The largest absolute Gasteiger partial charge is 0.294 e. The number of ketones is 1. The van der Waals surface area contributed by atoms with E-state index in [-0.39, 0.29) is 0 Å². The Morgan fingerprint density at radius 3 is 2.42 bits per heavy atom. The molecule has 0 saturated carbocycles. The van der Waals surface area contributed by atoms with Gasteiger partial charge in [0.05, 0.1) is 0 Å². The van der Waals surface area contributed by atoms with Crippen LogP contribution in [0, 0.1) is 0 Å². The number of rotatable bonds is 0. The van der Waals surface area contributed by atoms with Crippen molar-refractivity contribution in [1.29, 1.82) is 0 Å². The van der Waals surface area contributed by atoms with Gasteiger partial charge in [0.15, 0.2) is 5.78 Å². The third-order valence-electron chi connectivity index (χ3n) is 4.45. The predicted molar refractivity (Wildman–Crippen MR) is 76.6 cm³/mol. The minimum Gasteiger partial charge on any atom is -0.294 e. The first-order chi connectivity index (χ1) is 9.33. The van der Waals surface area contributed by atoms with Gasteiger partial charge in [0.25, 0.3) is 0 Å². The van der Waals surface area contributed by atoms with E-state index in [1.807, 2.05) is 0 Å². The standard InChI is InChI=1S/C18H16O/c19-18-7-3-5-13-10-14-9-8-12-4-1-2-6-15(12)16(14)11-17(13)18/h1-2,4,6,10-11H,3,5,7-9H2. The zero-order chi connectivity index (χ0) is 12.8. The van der Waals surface area contributed by atoms with Crippen molar-refractivity contribution in [3.8, 4) is 11.1 Å². The highest BCUT2D eigenvalue weighted by atomic mass is 16.1. The van der Waals surface area contributed by atoms with E-state index in [0.29, 0.717) is 12.2 Å². The van der Waals surface area contributed by atoms with Gasteiger partial charge in [-0.25, -0.2) is 0 Å². The van der Waals surface area contributed by atoms with Gasteiger partial charge < -0.3 is 0 Å². The Balaban J connectivity index is 1.96. The van der Waals surface area contributed by atoms with Gasteiger partial charge in [-0.2, -0.15) is 0 Å². The first-order valence-corrected chi connectivity index (χ1v) is 7.10. The lowest BCUT2D eigenvalue weighted by molar-refractivity contribution is 0.0972. The summed E-state index contributed by atoms with van der Waals surface area (Å²) in [5.41, 5.74) is 7.70. The van der Waals surface area contributed by atoms with Crippen LogP contribution in [0.3, 0.4) is 0 Å². The molecule has 19 heavy (non-hydrogen) atoms. The number of benzene rings is 2. The molecule has 0 N–H and O–H groups in total. The summed E-state index contributed by atoms with van der Waals surface area (Å²) < 4.78 is 0. The monoisotopic (exact) mass is 248 g/mol. The Morgan fingerprint density at radius 1 is 0.684 bits per heavy atom. The zero-order valence-electron chi connectivity index (χ0n) is 10.9. The molecule has 0 heterocycles. The van der Waals surface area contributed by atoms with Crippen LogP contribution in [0.15, 0.2) is 36.4 Å². The van der Waals surface area contributed by atoms with E-state index in [2.05, 4.69) is 36.4 Å². The van der Waals surface area contributed by atoms with Crippen LogP contribution in [0.5, 0.6) is 0 Å². The number of hydrogen-bond donors (Lipinski definition) is 0. The molecular formula is C18H16O. The summed E-state index contributed by atoms with van der Waals surface area (Å²) in [6.45, 7) is 0. The number of carbonyl (C=O) groups excluding carboxylic acids is 1. The van der Waals surface area contributed by atoms with E-state index in [9.17, 15) is 4.79 Å². The van der Waals surface area contributed by atoms with Gasteiger partial charge in [-0.05, 0) is 59.6 Å². The number of fused-ring (bicyclic) bond motifs is 4. The van der Waals surface area contributed by atoms with Crippen LogP contribution in [0.4, 0.5) is 0 Å². The van der Waals surface area contributed by atoms with Gasteiger partial charge in [-0.3, -0.25) is 4.79 Å². The molecular weight excluding hydrogens is 232 g/mol. The highest BCUT2D eigenvalue weighted by Crippen LogP contribution is 2.36. The maximum Gasteiger partial charge on any atom is 0.163 e. The van der Waals surface area contributed by atoms with Crippen LogP contribution in [-0.2, 0) is 19.3 Å². The van der Waals surface area contributed by atoms with Gasteiger partial charge in [0.2, 0.25) is 0 Å². The SMILES string of the molecule is O=C1CCCc2cc3c(cc21)-c1ccccc1CC3. The van der Waals surface area contributed by atoms with Gasteiger partial charge in [0.1, 0.15) is 0 Å². The molecule has 0 atom stereocenters. The molecule has 0 bridgehead atoms. The maximum atomic E-state index is 12.1. The molecule has 0 unspecified atom stereocenters. The van der Waals surface area contributed by atoms with E-state index < -0.39 is 0 Å². The molecule has 2 aromatic rings. The molecule has 2 aliphatic rings. The smallest absolute Gasteiger partial charge is 0.163 e. The number of carbonyl (C=O) groups is 1. The second kappa shape index (κ2) is 4.06. The molecule has 0 aromatic heterocycles. The second-order valence-electron chi connectivity index (χ2n) is 5.60. The summed E-state index contributed by atoms with van der Waals surface area (Å²) >= 11 is 0. The van der Waals surface area contributed by atoms with Gasteiger partial charge >= 0.3 is 0 Å². The topological polar surface area (TPSA) is 17.1 Å². The molecule has 94 valence electrons. The first kappa shape index (κ1) is 11.0. The fourth-order valence-corrected chi connectivity index (χ4v) is 3.46. The van der Waals surface area contributed by atoms with Crippen molar-refractivity contribution in [1.82, 2.24) is 0 Å². The summed E-state index contributed by atoms with van der Waals surface area (Å²) in [6, 6.07) is 13.0. The molecule has 2 aromatic carbocycles. The third-order valence-corrected chi connectivity index (χ3v) is 4.45. The molecule has 1 heteroatoms. The van der Waals surface area contributed by atoms with Gasteiger partial charge in [-0.1, -0.05) is 30.3 Å². The summed E-state index contributed by atoms with van der Waals surface area (Å²) in [6.07, 6.45) is 5.02. The van der Waals surface area contributed by atoms with E-state index in [1.165, 1.54) is 27.8 Å². The first-order valence-electron chi connectivity index (χ1n) is 7.10. The Kier molecular flexibility index (Phi) is 2.34. The van der Waals surface area contributed by atoms with Crippen molar-refractivity contribution in [3.05, 3.63) is 58.7 Å². The van der Waals surface area contributed by atoms with E-state index in [0.717, 1.165) is 31.2 Å². The van der Waals surface area contributed by atoms with Gasteiger partial charge in [0, 0.05) is 12.0 Å². The third kappa shape index (κ3) is 1.65. The van der Waals surface area contributed by atoms with Gasteiger partial charge in [-0.15, -0.1) is 0 Å². The fraction of sp³-hybridized carbons (Fsp3) is 0.278. The van der Waals surface area contributed by atoms with Crippen LogP contribution in [0.2, 0.25) is 0 Å². The summed E-state index contributed by atoms with van der Waals surface area (Å²) in [5, 5.41) is 0. The quantitative estimate of drug-likeness (QED) is 0.689. The Morgan fingerprint density at radius 2 is 1.47 bits per heavy atom. The maximum absolute atomic E-state index is 12.1. The minimum absolute atomic E-state index is 0.326. The predicted octanol–water partition coefficient (Wildman–Crippen LogP) is 3.97. The van der Waals surface area contributed by atoms with Crippen LogP contribution in [0.25, 0.3) is 11.1 Å². The fourth-order valence-electron chi connectivity index (χ4n) is 3.46. The van der Waals surface area contributed by atoms with E-state index in [1.54, 1.807) is 0 Å². The molecule has 2 aliphatic carbocycles. The molecule has 0 saturated heterocycles.